The smallest absolute Gasteiger partial charge is 0.252 e. The number of rotatable bonds is 8. The Morgan fingerprint density at radius 1 is 1.07 bits per heavy atom. The number of hydrogen-bond acceptors (Lipinski definition) is 6. The normalized spacial score (nSPS) is 11.5. The zero-order valence-corrected chi connectivity index (χ0v) is 16.5. The molecule has 1 N–H and O–H groups in total. The average molecular weight is 395 g/mol. The lowest BCUT2D eigenvalue weighted by atomic mass is 10.1. The monoisotopic (exact) mass is 395 g/mol. The largest absolute Gasteiger partial charge is 0.497 e. The van der Waals surface area contributed by atoms with Crippen LogP contribution in [0.4, 0.5) is 0 Å². The summed E-state index contributed by atoms with van der Waals surface area (Å²) in [6.07, 6.45) is 3.14. The number of carbonyl (C=O) groups is 1. The molecule has 0 bridgehead atoms. The Kier molecular flexibility index (Phi) is 6.86. The van der Waals surface area contributed by atoms with E-state index in [4.69, 9.17) is 9.47 Å². The van der Waals surface area contributed by atoms with Crippen LogP contribution in [0.1, 0.15) is 18.5 Å². The van der Waals surface area contributed by atoms with Crippen LogP contribution >= 0.6 is 11.8 Å². The first-order chi connectivity index (χ1) is 13.7. The summed E-state index contributed by atoms with van der Waals surface area (Å²) in [5.74, 6) is 1.91. The first kappa shape index (κ1) is 19.7. The van der Waals surface area contributed by atoms with Gasteiger partial charge >= 0.3 is 0 Å². The van der Waals surface area contributed by atoms with Crippen LogP contribution in [0.2, 0.25) is 0 Å². The van der Waals surface area contributed by atoms with E-state index in [1.54, 1.807) is 19.5 Å². The molecular formula is C21H21N3O3S. The van der Waals surface area contributed by atoms with Crippen LogP contribution in [0.25, 0.3) is 0 Å². The first-order valence-electron chi connectivity index (χ1n) is 8.75. The van der Waals surface area contributed by atoms with Gasteiger partial charge < -0.3 is 14.8 Å². The van der Waals surface area contributed by atoms with Gasteiger partial charge in [-0.25, -0.2) is 9.97 Å². The Balaban J connectivity index is 1.58. The number of para-hydroxylation sites is 1. The molecule has 3 rings (SSSR count). The quantitative estimate of drug-likeness (QED) is 0.575. The highest BCUT2D eigenvalue weighted by Crippen LogP contribution is 2.28. The maximum absolute atomic E-state index is 12.4. The number of benzene rings is 2. The minimum Gasteiger partial charge on any atom is -0.497 e. The molecule has 1 amide bonds. The van der Waals surface area contributed by atoms with Gasteiger partial charge in [0.15, 0.2) is 5.03 Å². The number of ether oxygens (including phenoxy) is 2. The van der Waals surface area contributed by atoms with Crippen molar-refractivity contribution >= 4 is 17.7 Å². The average Bonchev–Trinajstić information content (AvgIpc) is 2.74. The van der Waals surface area contributed by atoms with Gasteiger partial charge in [-0.3, -0.25) is 4.79 Å². The molecule has 2 aromatic carbocycles. The molecule has 0 saturated heterocycles. The SMILES string of the molecule is COc1cccc(C(C)NC(=O)CSc2nccnc2Oc2ccccc2)c1. The third-order valence-electron chi connectivity index (χ3n) is 3.90. The molecular weight excluding hydrogens is 374 g/mol. The number of thioether (sulfide) groups is 1. The maximum Gasteiger partial charge on any atom is 0.252 e. The summed E-state index contributed by atoms with van der Waals surface area (Å²) < 4.78 is 11.0. The highest BCUT2D eigenvalue weighted by atomic mass is 32.2. The summed E-state index contributed by atoms with van der Waals surface area (Å²) >= 11 is 1.28. The molecule has 28 heavy (non-hydrogen) atoms. The van der Waals surface area contributed by atoms with Gasteiger partial charge in [0, 0.05) is 12.4 Å². The Bertz CT molecular complexity index is 922. The fourth-order valence-corrected chi connectivity index (χ4v) is 3.20. The first-order valence-corrected chi connectivity index (χ1v) is 9.74. The van der Waals surface area contributed by atoms with Crippen LogP contribution in [0.3, 0.4) is 0 Å². The summed E-state index contributed by atoms with van der Waals surface area (Å²) in [6.45, 7) is 1.93. The van der Waals surface area contributed by atoms with Crippen LogP contribution < -0.4 is 14.8 Å². The van der Waals surface area contributed by atoms with E-state index in [0.717, 1.165) is 11.3 Å². The topological polar surface area (TPSA) is 73.3 Å². The van der Waals surface area contributed by atoms with Gasteiger partial charge in [-0.2, -0.15) is 0 Å². The molecule has 3 aromatic rings. The standard InChI is InChI=1S/C21H21N3O3S/c1-15(16-7-6-10-18(13-16)26-2)24-19(25)14-28-21-20(22-11-12-23-21)27-17-8-4-3-5-9-17/h3-13,15H,14H2,1-2H3,(H,24,25). The lowest BCUT2D eigenvalue weighted by Crippen LogP contribution is -2.28. The molecule has 6 nitrogen and oxygen atoms in total. The van der Waals surface area contributed by atoms with Crippen LogP contribution in [-0.2, 0) is 4.79 Å². The molecule has 1 atom stereocenters. The van der Waals surface area contributed by atoms with E-state index in [1.807, 2.05) is 61.5 Å². The number of nitrogens with zero attached hydrogens (tertiary/aromatic N) is 2. The van der Waals surface area contributed by atoms with Crippen molar-refractivity contribution in [3.05, 3.63) is 72.6 Å². The third kappa shape index (κ3) is 5.47. The molecule has 144 valence electrons. The van der Waals surface area contributed by atoms with Crippen molar-refractivity contribution in [2.75, 3.05) is 12.9 Å². The Morgan fingerprint density at radius 2 is 1.82 bits per heavy atom. The van der Waals surface area contributed by atoms with Crippen molar-refractivity contribution in [2.45, 2.75) is 18.0 Å². The van der Waals surface area contributed by atoms with Gasteiger partial charge in [-0.05, 0) is 36.8 Å². The minimum atomic E-state index is -0.134. The molecule has 7 heteroatoms. The Morgan fingerprint density at radius 3 is 2.61 bits per heavy atom. The second kappa shape index (κ2) is 9.75. The van der Waals surface area contributed by atoms with Crippen molar-refractivity contribution in [3.8, 4) is 17.4 Å². The summed E-state index contributed by atoms with van der Waals surface area (Å²) in [4.78, 5) is 20.9. The molecule has 0 aliphatic heterocycles. The highest BCUT2D eigenvalue weighted by molar-refractivity contribution is 8.00. The summed E-state index contributed by atoms with van der Waals surface area (Å²) in [7, 11) is 1.62. The second-order valence-electron chi connectivity index (χ2n) is 5.94. The predicted octanol–water partition coefficient (Wildman–Crippen LogP) is 4.25. The van der Waals surface area contributed by atoms with Gasteiger partial charge in [0.1, 0.15) is 11.5 Å². The van der Waals surface area contributed by atoms with Crippen molar-refractivity contribution in [1.82, 2.24) is 15.3 Å². The summed E-state index contributed by atoms with van der Waals surface area (Å²) in [5.41, 5.74) is 0.977. The van der Waals surface area contributed by atoms with E-state index < -0.39 is 0 Å². The van der Waals surface area contributed by atoms with Crippen molar-refractivity contribution < 1.29 is 14.3 Å². The van der Waals surface area contributed by atoms with E-state index in [0.29, 0.717) is 16.7 Å². The van der Waals surface area contributed by atoms with Gasteiger partial charge in [0.05, 0.1) is 18.9 Å². The van der Waals surface area contributed by atoms with Gasteiger partial charge in [-0.1, -0.05) is 42.1 Å². The van der Waals surface area contributed by atoms with Crippen molar-refractivity contribution in [2.24, 2.45) is 0 Å². The van der Waals surface area contributed by atoms with Crippen molar-refractivity contribution in [3.63, 3.8) is 0 Å². The second-order valence-corrected chi connectivity index (χ2v) is 6.90. The predicted molar refractivity (Wildman–Crippen MR) is 109 cm³/mol. The zero-order chi connectivity index (χ0) is 19.8. The summed E-state index contributed by atoms with van der Waals surface area (Å²) in [5, 5.41) is 3.55. The number of hydrogen-bond donors (Lipinski definition) is 1. The fourth-order valence-electron chi connectivity index (χ4n) is 2.49. The minimum absolute atomic E-state index is 0.100. The third-order valence-corrected chi connectivity index (χ3v) is 4.86. The number of nitrogens with one attached hydrogen (secondary N) is 1. The molecule has 0 aliphatic rings. The zero-order valence-electron chi connectivity index (χ0n) is 15.7. The van der Waals surface area contributed by atoms with Crippen LogP contribution in [-0.4, -0.2) is 28.7 Å². The molecule has 0 fully saturated rings. The number of carbonyl (C=O) groups excluding carboxylic acids is 1. The lowest BCUT2D eigenvalue weighted by molar-refractivity contribution is -0.119. The van der Waals surface area contributed by atoms with Crippen LogP contribution in [0.15, 0.2) is 72.0 Å². The molecule has 0 aliphatic carbocycles. The van der Waals surface area contributed by atoms with Crippen LogP contribution in [0.5, 0.6) is 17.4 Å². The number of amides is 1. The Hall–Kier alpha value is -3.06. The lowest BCUT2D eigenvalue weighted by Gasteiger charge is -2.15. The molecule has 1 unspecified atom stereocenters. The van der Waals surface area contributed by atoms with Crippen LogP contribution in [0, 0.1) is 0 Å². The molecule has 0 saturated carbocycles. The molecule has 0 radical (unpaired) electrons. The van der Waals surface area contributed by atoms with Gasteiger partial charge in [0.2, 0.25) is 5.91 Å². The van der Waals surface area contributed by atoms with Gasteiger partial charge in [-0.15, -0.1) is 0 Å². The van der Waals surface area contributed by atoms with E-state index >= 15 is 0 Å². The Labute approximate surface area is 168 Å². The molecule has 0 spiro atoms. The number of methoxy groups -OCH3 is 1. The molecule has 1 aromatic heterocycles. The maximum atomic E-state index is 12.4. The van der Waals surface area contributed by atoms with E-state index in [2.05, 4.69) is 15.3 Å². The summed E-state index contributed by atoms with van der Waals surface area (Å²) in [6, 6.07) is 16.9. The van der Waals surface area contributed by atoms with E-state index in [9.17, 15) is 4.79 Å². The number of aromatic nitrogens is 2. The molecule has 1 heterocycles. The van der Waals surface area contributed by atoms with E-state index in [-0.39, 0.29) is 17.7 Å². The highest BCUT2D eigenvalue weighted by Gasteiger charge is 2.14. The van der Waals surface area contributed by atoms with Crippen molar-refractivity contribution in [1.29, 1.82) is 0 Å². The van der Waals surface area contributed by atoms with Gasteiger partial charge in [0.25, 0.3) is 5.88 Å². The fraction of sp³-hybridized carbons (Fsp3) is 0.190. The van der Waals surface area contributed by atoms with E-state index in [1.165, 1.54) is 11.8 Å².